The first-order valence-electron chi connectivity index (χ1n) is 8.82. The third-order valence-corrected chi connectivity index (χ3v) is 4.88. The summed E-state index contributed by atoms with van der Waals surface area (Å²) in [4.78, 5) is 26.4. The molecule has 8 heteroatoms. The second-order valence-corrected chi connectivity index (χ2v) is 6.80. The van der Waals surface area contributed by atoms with Crippen LogP contribution in [0.25, 0.3) is 0 Å². The molecule has 0 spiro atoms. The number of benzene rings is 1. The third kappa shape index (κ3) is 4.19. The number of hydrogen-bond acceptors (Lipinski definition) is 6. The van der Waals surface area contributed by atoms with E-state index in [9.17, 15) is 19.8 Å². The predicted molar refractivity (Wildman–Crippen MR) is 97.4 cm³/mol. The van der Waals surface area contributed by atoms with Crippen LogP contribution in [0.2, 0.25) is 0 Å². The first-order valence-corrected chi connectivity index (χ1v) is 8.82. The van der Waals surface area contributed by atoms with Gasteiger partial charge in [0.05, 0.1) is 31.5 Å². The van der Waals surface area contributed by atoms with Gasteiger partial charge in [0, 0.05) is 12.6 Å². The van der Waals surface area contributed by atoms with Crippen molar-refractivity contribution in [3.05, 3.63) is 67.5 Å². The van der Waals surface area contributed by atoms with Gasteiger partial charge in [-0.15, -0.1) is 0 Å². The van der Waals surface area contributed by atoms with Gasteiger partial charge in [-0.2, -0.15) is 0 Å². The van der Waals surface area contributed by atoms with Crippen molar-refractivity contribution in [3.63, 3.8) is 0 Å². The largest absolute Gasteiger partial charge is 0.394 e. The molecule has 1 aromatic carbocycles. The fourth-order valence-electron chi connectivity index (χ4n) is 3.23. The van der Waals surface area contributed by atoms with Crippen LogP contribution in [0.3, 0.4) is 0 Å². The minimum Gasteiger partial charge on any atom is -0.394 e. The number of aliphatic hydroxyl groups is 2. The van der Waals surface area contributed by atoms with Crippen LogP contribution in [0.5, 0.6) is 0 Å². The van der Waals surface area contributed by atoms with Crippen LogP contribution in [0, 0.1) is 13.8 Å². The minimum atomic E-state index is -0.873. The fourth-order valence-corrected chi connectivity index (χ4v) is 3.23. The van der Waals surface area contributed by atoms with Crippen LogP contribution in [0.15, 0.2) is 34.0 Å². The van der Waals surface area contributed by atoms with Gasteiger partial charge in [-0.25, -0.2) is 4.79 Å². The predicted octanol–water partition coefficient (Wildman–Crippen LogP) is 0.511. The molecule has 3 N–H and O–H groups in total. The van der Waals surface area contributed by atoms with Crippen LogP contribution in [-0.2, 0) is 22.7 Å². The monoisotopic (exact) mass is 376 g/mol. The first-order chi connectivity index (χ1) is 12.9. The van der Waals surface area contributed by atoms with Gasteiger partial charge in [0.1, 0.15) is 12.3 Å². The van der Waals surface area contributed by atoms with Crippen molar-refractivity contribution in [3.8, 4) is 0 Å². The van der Waals surface area contributed by atoms with Crippen LogP contribution >= 0.6 is 0 Å². The SMILES string of the molecule is Cc1cccc(C)c1COCc1cn([C@H]2CC(O)[C@@H](CO)O2)c(=O)[nH]c1=O. The first kappa shape index (κ1) is 19.5. The van der Waals surface area contributed by atoms with Crippen molar-refractivity contribution < 1.29 is 19.7 Å². The van der Waals surface area contributed by atoms with Gasteiger partial charge < -0.3 is 19.7 Å². The molecule has 3 rings (SSSR count). The number of nitrogens with zero attached hydrogens (tertiary/aromatic N) is 1. The Hall–Kier alpha value is -2.26. The molecule has 146 valence electrons. The Morgan fingerprint density at radius 1 is 1.26 bits per heavy atom. The number of rotatable bonds is 6. The lowest BCUT2D eigenvalue weighted by Gasteiger charge is -2.15. The average molecular weight is 376 g/mol. The van der Waals surface area contributed by atoms with E-state index in [1.807, 2.05) is 32.0 Å². The van der Waals surface area contributed by atoms with Crippen LogP contribution < -0.4 is 11.2 Å². The highest BCUT2D eigenvalue weighted by Crippen LogP contribution is 2.27. The number of aromatic nitrogens is 2. The summed E-state index contributed by atoms with van der Waals surface area (Å²) in [6.45, 7) is 4.03. The molecule has 1 saturated heterocycles. The highest BCUT2D eigenvalue weighted by atomic mass is 16.5. The number of nitrogens with one attached hydrogen (secondary N) is 1. The standard InChI is InChI=1S/C19H24N2O6/c1-11-4-3-5-12(2)14(11)10-26-9-13-7-21(19(25)20-18(13)24)17-6-15(23)16(8-22)27-17/h3-5,7,15-17,22-23H,6,8-10H2,1-2H3,(H,20,24,25)/t15?,16-,17-/m1/s1. The molecule has 2 aromatic rings. The zero-order valence-electron chi connectivity index (χ0n) is 15.3. The number of hydrogen-bond donors (Lipinski definition) is 3. The van der Waals surface area contributed by atoms with Crippen molar-refractivity contribution in [1.29, 1.82) is 0 Å². The Kier molecular flexibility index (Phi) is 5.91. The van der Waals surface area contributed by atoms with Crippen molar-refractivity contribution in [2.45, 2.75) is 51.9 Å². The lowest BCUT2D eigenvalue weighted by Crippen LogP contribution is -2.34. The highest BCUT2D eigenvalue weighted by molar-refractivity contribution is 5.32. The van der Waals surface area contributed by atoms with Gasteiger partial charge >= 0.3 is 5.69 Å². The van der Waals surface area contributed by atoms with E-state index in [4.69, 9.17) is 9.47 Å². The molecule has 1 aliphatic rings. The molecule has 3 atom stereocenters. The average Bonchev–Trinajstić information content (AvgIpc) is 2.99. The van der Waals surface area contributed by atoms with Gasteiger partial charge in [-0.1, -0.05) is 18.2 Å². The molecule has 1 unspecified atom stereocenters. The van der Waals surface area contributed by atoms with Crippen LogP contribution in [0.1, 0.15) is 34.9 Å². The Morgan fingerprint density at radius 2 is 1.96 bits per heavy atom. The number of aromatic amines is 1. The fraction of sp³-hybridized carbons (Fsp3) is 0.474. The van der Waals surface area contributed by atoms with Gasteiger partial charge in [-0.05, 0) is 30.5 Å². The second kappa shape index (κ2) is 8.18. The van der Waals surface area contributed by atoms with E-state index in [-0.39, 0.29) is 25.2 Å². The molecular weight excluding hydrogens is 352 g/mol. The van der Waals surface area contributed by atoms with Gasteiger partial charge in [0.15, 0.2) is 0 Å². The van der Waals surface area contributed by atoms with Gasteiger partial charge in [-0.3, -0.25) is 14.3 Å². The van der Waals surface area contributed by atoms with Crippen molar-refractivity contribution in [1.82, 2.24) is 9.55 Å². The van der Waals surface area contributed by atoms with E-state index in [1.165, 1.54) is 10.8 Å². The van der Waals surface area contributed by atoms with Crippen LogP contribution in [-0.4, -0.2) is 38.6 Å². The summed E-state index contributed by atoms with van der Waals surface area (Å²) in [6.07, 6.45) is -0.831. The topological polar surface area (TPSA) is 114 Å². The smallest absolute Gasteiger partial charge is 0.330 e. The number of aliphatic hydroxyl groups excluding tert-OH is 2. The van der Waals surface area contributed by atoms with Gasteiger partial charge in [0.2, 0.25) is 0 Å². The number of H-pyrrole nitrogens is 1. The molecule has 0 saturated carbocycles. The molecule has 0 radical (unpaired) electrons. The molecule has 0 amide bonds. The molecule has 1 aromatic heterocycles. The minimum absolute atomic E-state index is 0.0299. The van der Waals surface area contributed by atoms with Crippen LogP contribution in [0.4, 0.5) is 0 Å². The summed E-state index contributed by atoms with van der Waals surface area (Å²) in [5.74, 6) is 0. The van der Waals surface area contributed by atoms with Crippen molar-refractivity contribution in [2.75, 3.05) is 6.61 Å². The number of aryl methyl sites for hydroxylation is 2. The Morgan fingerprint density at radius 3 is 2.59 bits per heavy atom. The summed E-state index contributed by atoms with van der Waals surface area (Å²) >= 11 is 0. The molecule has 27 heavy (non-hydrogen) atoms. The summed E-state index contributed by atoms with van der Waals surface area (Å²) in [5, 5.41) is 19.0. The molecule has 0 bridgehead atoms. The molecule has 0 aliphatic carbocycles. The summed E-state index contributed by atoms with van der Waals surface area (Å²) in [5.41, 5.74) is 2.42. The van der Waals surface area contributed by atoms with E-state index in [0.29, 0.717) is 6.61 Å². The quantitative estimate of drug-likeness (QED) is 0.677. The van der Waals surface area contributed by atoms with E-state index in [2.05, 4.69) is 4.98 Å². The lowest BCUT2D eigenvalue weighted by atomic mass is 10.0. The summed E-state index contributed by atoms with van der Waals surface area (Å²) in [6, 6.07) is 5.97. The van der Waals surface area contributed by atoms with Crippen molar-refractivity contribution >= 4 is 0 Å². The summed E-state index contributed by atoms with van der Waals surface area (Å²) < 4.78 is 12.4. The molecule has 8 nitrogen and oxygen atoms in total. The van der Waals surface area contributed by atoms with E-state index in [1.54, 1.807) is 0 Å². The lowest BCUT2D eigenvalue weighted by molar-refractivity contribution is -0.0461. The number of ether oxygens (including phenoxy) is 2. The maximum Gasteiger partial charge on any atom is 0.330 e. The maximum absolute atomic E-state index is 12.1. The van der Waals surface area contributed by atoms with Gasteiger partial charge in [0.25, 0.3) is 5.56 Å². The highest BCUT2D eigenvalue weighted by Gasteiger charge is 2.35. The van der Waals surface area contributed by atoms with E-state index < -0.39 is 29.7 Å². The zero-order chi connectivity index (χ0) is 19.6. The Bertz CT molecular complexity index is 899. The molecule has 1 fully saturated rings. The zero-order valence-corrected chi connectivity index (χ0v) is 15.3. The van der Waals surface area contributed by atoms with E-state index in [0.717, 1.165) is 16.7 Å². The molecular formula is C19H24N2O6. The summed E-state index contributed by atoms with van der Waals surface area (Å²) in [7, 11) is 0. The third-order valence-electron chi connectivity index (χ3n) is 4.88. The van der Waals surface area contributed by atoms with Crippen molar-refractivity contribution in [2.24, 2.45) is 0 Å². The Labute approximate surface area is 156 Å². The molecule has 2 heterocycles. The molecule has 1 aliphatic heterocycles. The second-order valence-electron chi connectivity index (χ2n) is 6.80. The van der Waals surface area contributed by atoms with E-state index >= 15 is 0 Å². The normalized spacial score (nSPS) is 22.3. The maximum atomic E-state index is 12.1. The Balaban J connectivity index is 1.75.